The van der Waals surface area contributed by atoms with Crippen LogP contribution in [-0.4, -0.2) is 14.5 Å². The van der Waals surface area contributed by atoms with Gasteiger partial charge >= 0.3 is 0 Å². The fraction of sp³-hybridized carbons (Fsp3) is 0.188. The van der Waals surface area contributed by atoms with Gasteiger partial charge in [-0.15, -0.1) is 0 Å². The van der Waals surface area contributed by atoms with Gasteiger partial charge in [0.2, 0.25) is 0 Å². The Bertz CT molecular complexity index is 675. The molecule has 0 aliphatic heterocycles. The van der Waals surface area contributed by atoms with Crippen molar-refractivity contribution in [2.45, 2.75) is 20.4 Å². The Morgan fingerprint density at radius 3 is 2.35 bits per heavy atom. The van der Waals surface area contributed by atoms with Crippen LogP contribution < -0.4 is 5.43 Å². The summed E-state index contributed by atoms with van der Waals surface area (Å²) in [5.74, 6) is 0. The third-order valence-corrected chi connectivity index (χ3v) is 3.35. The van der Waals surface area contributed by atoms with Gasteiger partial charge < -0.3 is 5.43 Å². The van der Waals surface area contributed by atoms with E-state index in [2.05, 4.69) is 41.2 Å². The van der Waals surface area contributed by atoms with E-state index in [4.69, 9.17) is 0 Å². The van der Waals surface area contributed by atoms with Crippen molar-refractivity contribution in [3.8, 4) is 5.69 Å². The zero-order chi connectivity index (χ0) is 13.9. The lowest BCUT2D eigenvalue weighted by Gasteiger charge is -2.11. The Labute approximate surface area is 118 Å². The number of para-hydroxylation sites is 1. The Balaban J connectivity index is 1.72. The van der Waals surface area contributed by atoms with Crippen LogP contribution in [0, 0.1) is 13.8 Å². The standard InChI is InChI=1S/C16H18N4/c1-13-8-9-14(2)20(13)17-12-15-10-11-19(18-15)16-6-4-3-5-7-16/h3-11,17H,12H2,1-2H3. The minimum atomic E-state index is 0.705. The first kappa shape index (κ1) is 12.5. The SMILES string of the molecule is Cc1ccc(C)n1NCc1ccn(-c2ccccc2)n1. The van der Waals surface area contributed by atoms with E-state index in [-0.39, 0.29) is 0 Å². The lowest BCUT2D eigenvalue weighted by atomic mass is 10.3. The van der Waals surface area contributed by atoms with Crippen LogP contribution in [0.3, 0.4) is 0 Å². The lowest BCUT2D eigenvalue weighted by molar-refractivity contribution is 0.762. The van der Waals surface area contributed by atoms with Crippen LogP contribution >= 0.6 is 0 Å². The summed E-state index contributed by atoms with van der Waals surface area (Å²) in [6.45, 7) is 4.88. The molecule has 0 saturated carbocycles. The molecule has 3 rings (SSSR count). The second kappa shape index (κ2) is 5.25. The topological polar surface area (TPSA) is 34.8 Å². The van der Waals surface area contributed by atoms with Gasteiger partial charge in [-0.05, 0) is 44.2 Å². The number of aromatic nitrogens is 3. The molecule has 0 amide bonds. The van der Waals surface area contributed by atoms with Gasteiger partial charge in [-0.25, -0.2) is 4.68 Å². The largest absolute Gasteiger partial charge is 0.320 e. The van der Waals surface area contributed by atoms with E-state index in [0.29, 0.717) is 6.54 Å². The minimum Gasteiger partial charge on any atom is -0.320 e. The number of nitrogens with one attached hydrogen (secondary N) is 1. The summed E-state index contributed by atoms with van der Waals surface area (Å²) in [7, 11) is 0. The number of hydrogen-bond donors (Lipinski definition) is 1. The van der Waals surface area contributed by atoms with Crippen molar-refractivity contribution in [1.29, 1.82) is 0 Å². The summed E-state index contributed by atoms with van der Waals surface area (Å²) in [4.78, 5) is 0. The third kappa shape index (κ3) is 2.45. The van der Waals surface area contributed by atoms with Gasteiger partial charge in [-0.1, -0.05) is 18.2 Å². The quantitative estimate of drug-likeness (QED) is 0.787. The van der Waals surface area contributed by atoms with E-state index in [1.807, 2.05) is 47.3 Å². The molecule has 0 atom stereocenters. The van der Waals surface area contributed by atoms with Gasteiger partial charge in [0.15, 0.2) is 0 Å². The Morgan fingerprint density at radius 1 is 0.950 bits per heavy atom. The normalized spacial score (nSPS) is 10.7. The average Bonchev–Trinajstić information content (AvgIpc) is 3.06. The highest BCUT2D eigenvalue weighted by molar-refractivity contribution is 5.30. The van der Waals surface area contributed by atoms with E-state index in [1.165, 1.54) is 11.4 Å². The highest BCUT2D eigenvalue weighted by atomic mass is 15.4. The van der Waals surface area contributed by atoms with Crippen molar-refractivity contribution < 1.29 is 0 Å². The summed E-state index contributed by atoms with van der Waals surface area (Å²) < 4.78 is 3.98. The molecule has 4 nitrogen and oxygen atoms in total. The summed E-state index contributed by atoms with van der Waals surface area (Å²) in [5, 5.41) is 4.58. The smallest absolute Gasteiger partial charge is 0.0836 e. The monoisotopic (exact) mass is 266 g/mol. The van der Waals surface area contributed by atoms with Gasteiger partial charge in [0.05, 0.1) is 17.9 Å². The van der Waals surface area contributed by atoms with Crippen molar-refractivity contribution >= 4 is 0 Å². The van der Waals surface area contributed by atoms with Crippen LogP contribution in [0.15, 0.2) is 54.7 Å². The van der Waals surface area contributed by atoms with Gasteiger partial charge in [0.25, 0.3) is 0 Å². The first-order valence-corrected chi connectivity index (χ1v) is 6.73. The van der Waals surface area contributed by atoms with E-state index in [1.54, 1.807) is 0 Å². The molecule has 0 spiro atoms. The molecule has 0 aliphatic rings. The average molecular weight is 266 g/mol. The number of aryl methyl sites for hydroxylation is 2. The van der Waals surface area contributed by atoms with Crippen LogP contribution in [-0.2, 0) is 6.54 Å². The molecular weight excluding hydrogens is 248 g/mol. The van der Waals surface area contributed by atoms with Crippen LogP contribution in [0.5, 0.6) is 0 Å². The fourth-order valence-electron chi connectivity index (χ4n) is 2.26. The molecule has 0 fully saturated rings. The summed E-state index contributed by atoms with van der Waals surface area (Å²) in [6, 6.07) is 16.4. The van der Waals surface area contributed by atoms with Gasteiger partial charge in [0, 0.05) is 17.6 Å². The fourth-order valence-corrected chi connectivity index (χ4v) is 2.26. The predicted molar refractivity (Wildman–Crippen MR) is 80.5 cm³/mol. The van der Waals surface area contributed by atoms with E-state index < -0.39 is 0 Å². The molecule has 0 radical (unpaired) electrons. The predicted octanol–water partition coefficient (Wildman–Crippen LogP) is 3.03. The Hall–Kier alpha value is -2.49. The summed E-state index contributed by atoms with van der Waals surface area (Å²) in [5.41, 5.74) is 7.87. The third-order valence-electron chi connectivity index (χ3n) is 3.35. The summed E-state index contributed by atoms with van der Waals surface area (Å²) in [6.07, 6.45) is 1.99. The number of nitrogens with zero attached hydrogens (tertiary/aromatic N) is 3. The molecule has 1 N–H and O–H groups in total. The molecule has 0 aliphatic carbocycles. The minimum absolute atomic E-state index is 0.705. The molecule has 20 heavy (non-hydrogen) atoms. The summed E-state index contributed by atoms with van der Waals surface area (Å²) >= 11 is 0. The molecule has 4 heteroatoms. The van der Waals surface area contributed by atoms with Gasteiger partial charge in [-0.2, -0.15) is 5.10 Å². The molecule has 0 saturated heterocycles. The molecule has 2 aromatic heterocycles. The van der Waals surface area contributed by atoms with Crippen LogP contribution in [0.25, 0.3) is 5.69 Å². The van der Waals surface area contributed by atoms with Crippen molar-refractivity contribution in [1.82, 2.24) is 14.5 Å². The van der Waals surface area contributed by atoms with Crippen molar-refractivity contribution in [2.24, 2.45) is 0 Å². The van der Waals surface area contributed by atoms with E-state index >= 15 is 0 Å². The van der Waals surface area contributed by atoms with Crippen molar-refractivity contribution in [2.75, 3.05) is 5.43 Å². The maximum atomic E-state index is 4.58. The maximum Gasteiger partial charge on any atom is 0.0836 e. The van der Waals surface area contributed by atoms with Crippen molar-refractivity contribution in [3.05, 3.63) is 71.8 Å². The first-order valence-electron chi connectivity index (χ1n) is 6.73. The molecule has 3 aromatic rings. The number of hydrogen-bond acceptors (Lipinski definition) is 2. The highest BCUT2D eigenvalue weighted by Gasteiger charge is 2.03. The van der Waals surface area contributed by atoms with Crippen LogP contribution in [0.4, 0.5) is 0 Å². The van der Waals surface area contributed by atoms with Gasteiger partial charge in [0.1, 0.15) is 0 Å². The molecule has 102 valence electrons. The molecule has 1 aromatic carbocycles. The second-order valence-electron chi connectivity index (χ2n) is 4.87. The van der Waals surface area contributed by atoms with Crippen molar-refractivity contribution in [3.63, 3.8) is 0 Å². The zero-order valence-corrected chi connectivity index (χ0v) is 11.7. The Kier molecular flexibility index (Phi) is 3.29. The molecule has 0 bridgehead atoms. The van der Waals surface area contributed by atoms with Crippen LogP contribution in [0.1, 0.15) is 17.1 Å². The maximum absolute atomic E-state index is 4.58. The van der Waals surface area contributed by atoms with Gasteiger partial charge in [-0.3, -0.25) is 4.68 Å². The second-order valence-corrected chi connectivity index (χ2v) is 4.87. The van der Waals surface area contributed by atoms with Crippen LogP contribution in [0.2, 0.25) is 0 Å². The highest BCUT2D eigenvalue weighted by Crippen LogP contribution is 2.08. The molecular formula is C16H18N4. The van der Waals surface area contributed by atoms with E-state index in [0.717, 1.165) is 11.4 Å². The molecule has 2 heterocycles. The number of benzene rings is 1. The van der Waals surface area contributed by atoms with E-state index in [9.17, 15) is 0 Å². The number of rotatable bonds is 4. The molecule has 0 unspecified atom stereocenters. The first-order chi connectivity index (χ1) is 9.74. The Morgan fingerprint density at radius 2 is 1.65 bits per heavy atom. The lowest BCUT2D eigenvalue weighted by Crippen LogP contribution is -2.17. The zero-order valence-electron chi connectivity index (χ0n) is 11.7.